The number of hydrogen-bond donors (Lipinski definition) is 0. The van der Waals surface area contributed by atoms with Gasteiger partial charge < -0.3 is 4.74 Å². The fourth-order valence-electron chi connectivity index (χ4n) is 2.56. The van der Waals surface area contributed by atoms with Crippen LogP contribution in [0.4, 0.5) is 0 Å². The van der Waals surface area contributed by atoms with Crippen molar-refractivity contribution in [1.29, 1.82) is 5.26 Å². The topological polar surface area (TPSA) is 33.0 Å². The molecule has 1 aliphatic carbocycles. The summed E-state index contributed by atoms with van der Waals surface area (Å²) in [6.07, 6.45) is 4.82. The molecule has 0 atom stereocenters. The van der Waals surface area contributed by atoms with E-state index in [1.165, 1.54) is 24.0 Å². The van der Waals surface area contributed by atoms with Crippen molar-refractivity contribution >= 4 is 11.6 Å². The average molecular weight is 284 g/mol. The summed E-state index contributed by atoms with van der Waals surface area (Å²) in [5, 5.41) is 9.28. The Labute approximate surface area is 123 Å². The van der Waals surface area contributed by atoms with E-state index >= 15 is 0 Å². The van der Waals surface area contributed by atoms with Crippen LogP contribution in [0.25, 0.3) is 0 Å². The molecule has 0 bridgehead atoms. The van der Waals surface area contributed by atoms with E-state index in [-0.39, 0.29) is 0 Å². The van der Waals surface area contributed by atoms with Crippen molar-refractivity contribution in [3.8, 4) is 17.6 Å². The summed E-state index contributed by atoms with van der Waals surface area (Å²) in [5.41, 5.74) is 3.28. The molecule has 0 fully saturated rings. The molecule has 0 N–H and O–H groups in total. The summed E-state index contributed by atoms with van der Waals surface area (Å²) in [7, 11) is 0. The van der Waals surface area contributed by atoms with Gasteiger partial charge in [-0.3, -0.25) is 0 Å². The van der Waals surface area contributed by atoms with E-state index < -0.39 is 0 Å². The molecule has 0 aliphatic heterocycles. The third kappa shape index (κ3) is 2.64. The van der Waals surface area contributed by atoms with E-state index in [2.05, 4.69) is 12.1 Å². The number of benzene rings is 2. The van der Waals surface area contributed by atoms with E-state index in [4.69, 9.17) is 21.6 Å². The van der Waals surface area contributed by atoms with Crippen LogP contribution in [-0.2, 0) is 12.8 Å². The van der Waals surface area contributed by atoms with E-state index in [0.29, 0.717) is 16.3 Å². The van der Waals surface area contributed by atoms with E-state index in [0.717, 1.165) is 18.6 Å². The SMILES string of the molecule is N#Cc1ccc(Oc2ccc3c(c2)CCCC3)cc1Cl. The zero-order valence-electron chi connectivity index (χ0n) is 11.0. The lowest BCUT2D eigenvalue weighted by Crippen LogP contribution is -2.02. The monoisotopic (exact) mass is 283 g/mol. The second-order valence-corrected chi connectivity index (χ2v) is 5.40. The van der Waals surface area contributed by atoms with Crippen LogP contribution in [0.1, 0.15) is 29.5 Å². The van der Waals surface area contributed by atoms with Crippen LogP contribution in [0.15, 0.2) is 36.4 Å². The lowest BCUT2D eigenvalue weighted by Gasteiger charge is -2.16. The summed E-state index contributed by atoms with van der Waals surface area (Å²) in [4.78, 5) is 0. The Bertz CT molecular complexity index is 688. The maximum atomic E-state index is 8.86. The minimum Gasteiger partial charge on any atom is -0.457 e. The van der Waals surface area contributed by atoms with Crippen LogP contribution in [0.3, 0.4) is 0 Å². The number of ether oxygens (including phenoxy) is 1. The molecule has 0 spiro atoms. The molecule has 100 valence electrons. The van der Waals surface area contributed by atoms with Crippen molar-refractivity contribution in [2.24, 2.45) is 0 Å². The van der Waals surface area contributed by atoms with Crippen molar-refractivity contribution in [2.45, 2.75) is 25.7 Å². The third-order valence-electron chi connectivity index (χ3n) is 3.62. The summed E-state index contributed by atoms with van der Waals surface area (Å²) < 4.78 is 5.83. The predicted octanol–water partition coefficient (Wildman–Crippen LogP) is 4.88. The molecule has 3 heteroatoms. The maximum Gasteiger partial charge on any atom is 0.129 e. The number of rotatable bonds is 2. The zero-order chi connectivity index (χ0) is 13.9. The van der Waals surface area contributed by atoms with Crippen LogP contribution in [-0.4, -0.2) is 0 Å². The van der Waals surface area contributed by atoms with Gasteiger partial charge in [-0.1, -0.05) is 17.7 Å². The number of nitrogens with zero attached hydrogens (tertiary/aromatic N) is 1. The highest BCUT2D eigenvalue weighted by atomic mass is 35.5. The smallest absolute Gasteiger partial charge is 0.129 e. The summed E-state index contributed by atoms with van der Waals surface area (Å²) >= 11 is 6.01. The zero-order valence-corrected chi connectivity index (χ0v) is 11.8. The Kier molecular flexibility index (Phi) is 3.62. The number of halogens is 1. The first-order valence-corrected chi connectivity index (χ1v) is 7.13. The van der Waals surface area contributed by atoms with Gasteiger partial charge in [-0.05, 0) is 61.1 Å². The molecule has 0 saturated heterocycles. The van der Waals surface area contributed by atoms with Gasteiger partial charge in [-0.25, -0.2) is 0 Å². The molecule has 3 rings (SSSR count). The van der Waals surface area contributed by atoms with Gasteiger partial charge in [0.2, 0.25) is 0 Å². The summed E-state index contributed by atoms with van der Waals surface area (Å²) in [6.45, 7) is 0. The number of fused-ring (bicyclic) bond motifs is 1. The molecule has 0 radical (unpaired) electrons. The molecular weight excluding hydrogens is 270 g/mol. The van der Waals surface area contributed by atoms with Gasteiger partial charge in [-0.2, -0.15) is 5.26 Å². The number of hydrogen-bond acceptors (Lipinski definition) is 2. The largest absolute Gasteiger partial charge is 0.457 e. The van der Waals surface area contributed by atoms with Crippen molar-refractivity contribution in [1.82, 2.24) is 0 Å². The van der Waals surface area contributed by atoms with Crippen LogP contribution >= 0.6 is 11.6 Å². The molecule has 20 heavy (non-hydrogen) atoms. The average Bonchev–Trinajstić information content (AvgIpc) is 2.47. The predicted molar refractivity (Wildman–Crippen MR) is 79.3 cm³/mol. The van der Waals surface area contributed by atoms with Gasteiger partial charge in [0.15, 0.2) is 0 Å². The quantitative estimate of drug-likeness (QED) is 0.787. The Morgan fingerprint density at radius 2 is 1.65 bits per heavy atom. The fraction of sp³-hybridized carbons (Fsp3) is 0.235. The van der Waals surface area contributed by atoms with Gasteiger partial charge in [0.1, 0.15) is 17.6 Å². The van der Waals surface area contributed by atoms with Crippen LogP contribution in [0, 0.1) is 11.3 Å². The van der Waals surface area contributed by atoms with Gasteiger partial charge in [0.05, 0.1) is 10.6 Å². The Morgan fingerprint density at radius 1 is 0.950 bits per heavy atom. The molecule has 0 saturated carbocycles. The molecule has 0 unspecified atom stereocenters. The molecule has 0 amide bonds. The first-order valence-electron chi connectivity index (χ1n) is 6.75. The number of aryl methyl sites for hydroxylation is 2. The Morgan fingerprint density at radius 3 is 2.40 bits per heavy atom. The molecule has 0 heterocycles. The van der Waals surface area contributed by atoms with Crippen LogP contribution in [0.2, 0.25) is 5.02 Å². The van der Waals surface area contributed by atoms with Crippen LogP contribution in [0.5, 0.6) is 11.5 Å². The van der Waals surface area contributed by atoms with Gasteiger partial charge >= 0.3 is 0 Å². The standard InChI is InChI=1S/C17H14ClNO/c18-17-10-16(8-6-14(17)11-19)20-15-7-5-12-3-1-2-4-13(12)9-15/h5-10H,1-4H2. The molecular formula is C17H14ClNO. The maximum absolute atomic E-state index is 8.86. The fourth-order valence-corrected chi connectivity index (χ4v) is 2.77. The Balaban J connectivity index is 1.84. The first kappa shape index (κ1) is 13.0. The van der Waals surface area contributed by atoms with Gasteiger partial charge in [0.25, 0.3) is 0 Å². The van der Waals surface area contributed by atoms with E-state index in [1.807, 2.05) is 12.1 Å². The van der Waals surface area contributed by atoms with Crippen LogP contribution < -0.4 is 4.74 Å². The second kappa shape index (κ2) is 5.56. The second-order valence-electron chi connectivity index (χ2n) is 4.99. The number of nitriles is 1. The van der Waals surface area contributed by atoms with E-state index in [1.54, 1.807) is 18.2 Å². The third-order valence-corrected chi connectivity index (χ3v) is 3.93. The molecule has 2 nitrogen and oxygen atoms in total. The molecule has 2 aromatic carbocycles. The lowest BCUT2D eigenvalue weighted by molar-refractivity contribution is 0.480. The highest BCUT2D eigenvalue weighted by Gasteiger charge is 2.10. The van der Waals surface area contributed by atoms with Crippen molar-refractivity contribution in [2.75, 3.05) is 0 Å². The Hall–Kier alpha value is -1.98. The van der Waals surface area contributed by atoms with Gasteiger partial charge in [0, 0.05) is 6.07 Å². The highest BCUT2D eigenvalue weighted by molar-refractivity contribution is 6.31. The highest BCUT2D eigenvalue weighted by Crippen LogP contribution is 2.30. The van der Waals surface area contributed by atoms with Crippen molar-refractivity contribution < 1.29 is 4.74 Å². The summed E-state index contributed by atoms with van der Waals surface area (Å²) in [5.74, 6) is 1.48. The molecule has 2 aromatic rings. The minimum atomic E-state index is 0.419. The van der Waals surface area contributed by atoms with Crippen molar-refractivity contribution in [3.05, 3.63) is 58.1 Å². The lowest BCUT2D eigenvalue weighted by atomic mass is 9.92. The molecule has 1 aliphatic rings. The normalized spacial score (nSPS) is 13.4. The minimum absolute atomic E-state index is 0.419. The van der Waals surface area contributed by atoms with Gasteiger partial charge in [-0.15, -0.1) is 0 Å². The van der Waals surface area contributed by atoms with Crippen molar-refractivity contribution in [3.63, 3.8) is 0 Å². The first-order chi connectivity index (χ1) is 9.76. The van der Waals surface area contributed by atoms with E-state index in [9.17, 15) is 0 Å². The molecule has 0 aromatic heterocycles. The summed E-state index contributed by atoms with van der Waals surface area (Å²) in [6, 6.07) is 13.4.